The van der Waals surface area contributed by atoms with E-state index in [-0.39, 0.29) is 5.56 Å². The molecule has 0 aliphatic carbocycles. The Morgan fingerprint density at radius 3 is 2.69 bits per heavy atom. The molecule has 29 heavy (non-hydrogen) atoms. The molecule has 0 radical (unpaired) electrons. The van der Waals surface area contributed by atoms with Crippen molar-refractivity contribution in [1.82, 2.24) is 14.5 Å². The summed E-state index contributed by atoms with van der Waals surface area (Å²) in [5, 5.41) is 0. The van der Waals surface area contributed by atoms with E-state index in [2.05, 4.69) is 46.4 Å². The quantitative estimate of drug-likeness (QED) is 0.728. The van der Waals surface area contributed by atoms with Crippen LogP contribution in [-0.2, 0) is 13.0 Å². The Bertz CT molecular complexity index is 1030. The molecule has 3 atom stereocenters. The zero-order valence-corrected chi connectivity index (χ0v) is 16.6. The van der Waals surface area contributed by atoms with Crippen LogP contribution in [0.2, 0.25) is 0 Å². The molecule has 3 aromatic rings. The maximum Gasteiger partial charge on any atom is 0.258 e. The van der Waals surface area contributed by atoms with Crippen molar-refractivity contribution in [2.24, 2.45) is 5.92 Å². The molecule has 1 aromatic carbocycles. The summed E-state index contributed by atoms with van der Waals surface area (Å²) in [6.45, 7) is 4.37. The summed E-state index contributed by atoms with van der Waals surface area (Å²) in [7, 11) is 0. The van der Waals surface area contributed by atoms with Crippen molar-refractivity contribution in [3.8, 4) is 11.1 Å². The Morgan fingerprint density at radius 1 is 1.03 bits per heavy atom. The van der Waals surface area contributed by atoms with Crippen LogP contribution in [0.25, 0.3) is 11.1 Å². The number of piperidine rings is 1. The highest BCUT2D eigenvalue weighted by atomic mass is 16.1. The number of fused-ring (bicyclic) bond motifs is 4. The van der Waals surface area contributed by atoms with Gasteiger partial charge in [0.15, 0.2) is 0 Å². The number of quaternary nitrogens is 1. The lowest BCUT2D eigenvalue weighted by Crippen LogP contribution is -3.14. The van der Waals surface area contributed by atoms with Crippen molar-refractivity contribution in [3.63, 3.8) is 0 Å². The summed E-state index contributed by atoms with van der Waals surface area (Å²) in [6, 6.07) is 14.9. The molecule has 5 rings (SSSR count). The standard InChI is InChI=1S/C24H26N4O/c29-24-22(21-12-25-17-26-13-21)8-9-23-20-11-19(15-28(23)24)14-27(16-20)10-4-7-18-5-2-1-3-6-18/h1-3,5-6,8-9,12-13,17,19-20H,4,7,10-11,14-16H2/p+1/t19-,20+/m0/s1. The summed E-state index contributed by atoms with van der Waals surface area (Å²) in [6.07, 6.45) is 8.53. The Balaban J connectivity index is 1.31. The van der Waals surface area contributed by atoms with E-state index in [1.165, 1.54) is 43.5 Å². The third-order valence-electron chi connectivity index (χ3n) is 6.51. The summed E-state index contributed by atoms with van der Waals surface area (Å²) in [5.74, 6) is 1.08. The second kappa shape index (κ2) is 7.91. The van der Waals surface area contributed by atoms with Crippen molar-refractivity contribution in [2.75, 3.05) is 19.6 Å². The van der Waals surface area contributed by atoms with Crippen molar-refractivity contribution >= 4 is 0 Å². The highest BCUT2D eigenvalue weighted by Gasteiger charge is 2.37. The van der Waals surface area contributed by atoms with E-state index in [0.29, 0.717) is 17.4 Å². The van der Waals surface area contributed by atoms with Gasteiger partial charge in [-0.05, 0) is 30.5 Å². The molecule has 0 saturated carbocycles. The molecule has 148 valence electrons. The first-order chi connectivity index (χ1) is 14.3. The second-order valence-corrected chi connectivity index (χ2v) is 8.51. The molecule has 5 nitrogen and oxygen atoms in total. The number of likely N-dealkylation sites (tertiary alicyclic amines) is 1. The van der Waals surface area contributed by atoms with E-state index in [1.54, 1.807) is 17.3 Å². The van der Waals surface area contributed by atoms with Crippen LogP contribution in [-0.4, -0.2) is 34.2 Å². The minimum Gasteiger partial charge on any atom is -0.334 e. The molecule has 2 aliphatic heterocycles. The molecular formula is C24H27N4O+. The van der Waals surface area contributed by atoms with E-state index in [9.17, 15) is 4.79 Å². The number of aromatic nitrogens is 3. The van der Waals surface area contributed by atoms with Crippen LogP contribution in [0, 0.1) is 5.92 Å². The lowest BCUT2D eigenvalue weighted by Gasteiger charge is -2.40. The number of pyridine rings is 1. The number of hydrogen-bond donors (Lipinski definition) is 1. The van der Waals surface area contributed by atoms with Crippen LogP contribution in [0.3, 0.4) is 0 Å². The second-order valence-electron chi connectivity index (χ2n) is 8.51. The van der Waals surface area contributed by atoms with E-state index in [1.807, 2.05) is 10.6 Å². The van der Waals surface area contributed by atoms with E-state index < -0.39 is 0 Å². The van der Waals surface area contributed by atoms with E-state index in [4.69, 9.17) is 0 Å². The van der Waals surface area contributed by atoms with Crippen LogP contribution in [0.4, 0.5) is 0 Å². The topological polar surface area (TPSA) is 52.2 Å². The lowest BCUT2D eigenvalue weighted by atomic mass is 9.82. The maximum absolute atomic E-state index is 13.2. The monoisotopic (exact) mass is 387 g/mol. The largest absolute Gasteiger partial charge is 0.334 e. The number of aryl methyl sites for hydroxylation is 1. The van der Waals surface area contributed by atoms with Crippen molar-refractivity contribution < 1.29 is 4.90 Å². The fraction of sp³-hybridized carbons (Fsp3) is 0.375. The van der Waals surface area contributed by atoms with Crippen molar-refractivity contribution in [3.05, 3.63) is 82.8 Å². The zero-order chi connectivity index (χ0) is 19.6. The maximum atomic E-state index is 13.2. The van der Waals surface area contributed by atoms with Gasteiger partial charge in [0.1, 0.15) is 6.33 Å². The van der Waals surface area contributed by atoms with Gasteiger partial charge in [-0.1, -0.05) is 30.3 Å². The molecule has 4 heterocycles. The molecule has 1 N–H and O–H groups in total. The highest BCUT2D eigenvalue weighted by Crippen LogP contribution is 2.31. The first-order valence-electron chi connectivity index (χ1n) is 10.6. The van der Waals surface area contributed by atoms with Gasteiger partial charge in [-0.3, -0.25) is 4.79 Å². The molecule has 0 spiro atoms. The summed E-state index contributed by atoms with van der Waals surface area (Å²) in [5.41, 5.74) is 4.27. The van der Waals surface area contributed by atoms with Gasteiger partial charge >= 0.3 is 0 Å². The summed E-state index contributed by atoms with van der Waals surface area (Å²) >= 11 is 0. The van der Waals surface area contributed by atoms with Crippen molar-refractivity contribution in [1.29, 1.82) is 0 Å². The van der Waals surface area contributed by atoms with Gasteiger partial charge in [0, 0.05) is 48.5 Å². The smallest absolute Gasteiger partial charge is 0.258 e. The first kappa shape index (κ1) is 18.3. The average molecular weight is 388 g/mol. The van der Waals surface area contributed by atoms with E-state index >= 15 is 0 Å². The SMILES string of the molecule is O=c1c(-c2cncnc2)ccc2n1C[C@H]1C[C@@H]2C[NH+](CCCc2ccccc2)C1. The predicted molar refractivity (Wildman–Crippen MR) is 113 cm³/mol. The van der Waals surface area contributed by atoms with Crippen LogP contribution < -0.4 is 10.5 Å². The first-order valence-corrected chi connectivity index (χ1v) is 10.6. The summed E-state index contributed by atoms with van der Waals surface area (Å²) < 4.78 is 2.03. The Labute approximate surface area is 171 Å². The minimum absolute atomic E-state index is 0.111. The van der Waals surface area contributed by atoms with Crippen molar-refractivity contribution in [2.45, 2.75) is 31.7 Å². The zero-order valence-electron chi connectivity index (χ0n) is 16.6. The average Bonchev–Trinajstić information content (AvgIpc) is 2.76. The molecule has 5 heteroatoms. The molecule has 1 saturated heterocycles. The molecule has 2 aromatic heterocycles. The number of hydrogen-bond acceptors (Lipinski definition) is 3. The Hall–Kier alpha value is -2.79. The fourth-order valence-electron chi connectivity index (χ4n) is 5.22. The lowest BCUT2D eigenvalue weighted by molar-refractivity contribution is -0.911. The Kier molecular flexibility index (Phi) is 4.98. The number of benzene rings is 1. The van der Waals surface area contributed by atoms with Crippen LogP contribution in [0.15, 0.2) is 66.0 Å². The van der Waals surface area contributed by atoms with Crippen LogP contribution in [0.5, 0.6) is 0 Å². The van der Waals surface area contributed by atoms with E-state index in [0.717, 1.165) is 25.1 Å². The normalized spacial score (nSPS) is 22.8. The predicted octanol–water partition coefficient (Wildman–Crippen LogP) is 1.94. The minimum atomic E-state index is 0.111. The van der Waals surface area contributed by atoms with Gasteiger partial charge in [0.05, 0.1) is 25.2 Å². The van der Waals surface area contributed by atoms with Gasteiger partial charge in [-0.15, -0.1) is 0 Å². The van der Waals surface area contributed by atoms with Gasteiger partial charge in [-0.2, -0.15) is 0 Å². The fourth-order valence-corrected chi connectivity index (χ4v) is 5.22. The third kappa shape index (κ3) is 3.75. The van der Waals surface area contributed by atoms with Gasteiger partial charge in [-0.25, -0.2) is 9.97 Å². The molecule has 2 bridgehead atoms. The Morgan fingerprint density at radius 2 is 1.86 bits per heavy atom. The highest BCUT2D eigenvalue weighted by molar-refractivity contribution is 5.60. The van der Waals surface area contributed by atoms with Gasteiger partial charge < -0.3 is 9.47 Å². The van der Waals surface area contributed by atoms with Crippen LogP contribution in [0.1, 0.15) is 30.0 Å². The number of rotatable bonds is 5. The molecule has 1 unspecified atom stereocenters. The van der Waals surface area contributed by atoms with Gasteiger partial charge in [0.2, 0.25) is 0 Å². The molecule has 0 amide bonds. The molecule has 2 aliphatic rings. The van der Waals surface area contributed by atoms with Gasteiger partial charge in [0.25, 0.3) is 5.56 Å². The molecular weight excluding hydrogens is 360 g/mol. The number of nitrogens with zero attached hydrogens (tertiary/aromatic N) is 3. The number of nitrogens with one attached hydrogen (secondary N) is 1. The van der Waals surface area contributed by atoms with Crippen LogP contribution >= 0.6 is 0 Å². The molecule has 1 fully saturated rings. The third-order valence-corrected chi connectivity index (χ3v) is 6.51. The summed E-state index contributed by atoms with van der Waals surface area (Å²) in [4.78, 5) is 23.0.